The van der Waals surface area contributed by atoms with Gasteiger partial charge in [0, 0.05) is 19.0 Å². The van der Waals surface area contributed by atoms with Gasteiger partial charge in [0.05, 0.1) is 6.04 Å². The van der Waals surface area contributed by atoms with Crippen LogP contribution < -0.4 is 5.32 Å². The molecule has 0 bridgehead atoms. The van der Waals surface area contributed by atoms with Crippen molar-refractivity contribution in [3.8, 4) is 11.1 Å². The summed E-state index contributed by atoms with van der Waals surface area (Å²) in [5.41, 5.74) is 3.35. The summed E-state index contributed by atoms with van der Waals surface area (Å²) >= 11 is 1.23. The predicted octanol–water partition coefficient (Wildman–Crippen LogP) is 4.69. The van der Waals surface area contributed by atoms with Crippen LogP contribution in [0.5, 0.6) is 0 Å². The number of rotatable bonds is 6. The molecule has 3 aromatic rings. The van der Waals surface area contributed by atoms with Crippen molar-refractivity contribution in [2.45, 2.75) is 30.0 Å². The monoisotopic (exact) mass is 454 g/mol. The van der Waals surface area contributed by atoms with Gasteiger partial charge in [0.1, 0.15) is 4.21 Å². The summed E-state index contributed by atoms with van der Waals surface area (Å²) in [5.74, 6) is -0.173. The van der Waals surface area contributed by atoms with Crippen molar-refractivity contribution in [3.63, 3.8) is 0 Å². The molecule has 1 aromatic heterocycles. The molecule has 5 nitrogen and oxygen atoms in total. The highest BCUT2D eigenvalue weighted by molar-refractivity contribution is 7.91. The van der Waals surface area contributed by atoms with E-state index in [-0.39, 0.29) is 17.9 Å². The van der Waals surface area contributed by atoms with E-state index in [2.05, 4.69) is 29.6 Å². The standard InChI is InChI=1S/C24H26N2O3S2/c1-18(19-9-11-21(12-10-19)20-6-3-2-4-7-20)25-24(27)22-13-15-26(16-14-22)31(28,29)23-8-5-17-30-23/h2-12,17-18,22H,13-16H2,1H3,(H,25,27). The van der Waals surface area contributed by atoms with Crippen LogP contribution in [0.15, 0.2) is 76.3 Å². The number of carbonyl (C=O) groups is 1. The molecule has 1 N–H and O–H groups in total. The molecule has 162 valence electrons. The first-order chi connectivity index (χ1) is 14.9. The lowest BCUT2D eigenvalue weighted by atomic mass is 9.96. The molecule has 2 aromatic carbocycles. The zero-order valence-corrected chi connectivity index (χ0v) is 19.0. The Morgan fingerprint density at radius 2 is 1.61 bits per heavy atom. The van der Waals surface area contributed by atoms with Crippen LogP contribution in [0.4, 0.5) is 0 Å². The first kappa shape index (κ1) is 21.7. The molecule has 0 spiro atoms. The minimum Gasteiger partial charge on any atom is -0.349 e. The van der Waals surface area contributed by atoms with Crippen LogP contribution in [0.3, 0.4) is 0 Å². The van der Waals surface area contributed by atoms with E-state index in [1.54, 1.807) is 17.5 Å². The van der Waals surface area contributed by atoms with Crippen LogP contribution in [0.2, 0.25) is 0 Å². The fraction of sp³-hybridized carbons (Fsp3) is 0.292. The van der Waals surface area contributed by atoms with E-state index in [9.17, 15) is 13.2 Å². The first-order valence-corrected chi connectivity index (χ1v) is 12.8. The van der Waals surface area contributed by atoms with Crippen LogP contribution in [0, 0.1) is 5.92 Å². The largest absolute Gasteiger partial charge is 0.349 e. The average molecular weight is 455 g/mol. The highest BCUT2D eigenvalue weighted by Gasteiger charge is 2.32. The number of hydrogen-bond donors (Lipinski definition) is 1. The Balaban J connectivity index is 1.33. The van der Waals surface area contributed by atoms with Crippen molar-refractivity contribution in [1.29, 1.82) is 0 Å². The molecule has 1 aliphatic rings. The van der Waals surface area contributed by atoms with Gasteiger partial charge in [-0.15, -0.1) is 11.3 Å². The lowest BCUT2D eigenvalue weighted by Gasteiger charge is -2.30. The normalized spacial score (nSPS) is 16.7. The predicted molar refractivity (Wildman–Crippen MR) is 124 cm³/mol. The Hall–Kier alpha value is -2.48. The summed E-state index contributed by atoms with van der Waals surface area (Å²) in [6, 6.07) is 21.7. The van der Waals surface area contributed by atoms with Crippen molar-refractivity contribution in [2.75, 3.05) is 13.1 Å². The number of nitrogens with one attached hydrogen (secondary N) is 1. The maximum Gasteiger partial charge on any atom is 0.252 e. The van der Waals surface area contributed by atoms with Gasteiger partial charge in [-0.2, -0.15) is 4.31 Å². The van der Waals surface area contributed by atoms with Crippen LogP contribution in [0.1, 0.15) is 31.4 Å². The smallest absolute Gasteiger partial charge is 0.252 e. The molecular weight excluding hydrogens is 428 g/mol. The average Bonchev–Trinajstić information content (AvgIpc) is 3.36. The fourth-order valence-corrected chi connectivity index (χ4v) is 6.52. The zero-order valence-electron chi connectivity index (χ0n) is 17.4. The summed E-state index contributed by atoms with van der Waals surface area (Å²) in [6.07, 6.45) is 1.08. The van der Waals surface area contributed by atoms with Gasteiger partial charge < -0.3 is 5.32 Å². The molecule has 2 heterocycles. The molecular formula is C24H26N2O3S2. The molecule has 0 aliphatic carbocycles. The van der Waals surface area contributed by atoms with Gasteiger partial charge in [-0.25, -0.2) is 8.42 Å². The van der Waals surface area contributed by atoms with Crippen LogP contribution in [0.25, 0.3) is 11.1 Å². The highest BCUT2D eigenvalue weighted by atomic mass is 32.2. The molecule has 1 fully saturated rings. The highest BCUT2D eigenvalue weighted by Crippen LogP contribution is 2.27. The van der Waals surface area contributed by atoms with E-state index in [1.165, 1.54) is 15.6 Å². The van der Waals surface area contributed by atoms with Gasteiger partial charge in [0.2, 0.25) is 5.91 Å². The molecule has 7 heteroatoms. The van der Waals surface area contributed by atoms with Crippen LogP contribution >= 0.6 is 11.3 Å². The van der Waals surface area contributed by atoms with Crippen molar-refractivity contribution >= 4 is 27.3 Å². The SMILES string of the molecule is CC(NC(=O)C1CCN(S(=O)(=O)c2cccs2)CC1)c1ccc(-c2ccccc2)cc1. The van der Waals surface area contributed by atoms with Gasteiger partial charge >= 0.3 is 0 Å². The molecule has 1 saturated heterocycles. The molecule has 0 radical (unpaired) electrons. The molecule has 31 heavy (non-hydrogen) atoms. The summed E-state index contributed by atoms with van der Waals surface area (Å²) in [4.78, 5) is 12.8. The second kappa shape index (κ2) is 9.34. The van der Waals surface area contributed by atoms with E-state index in [1.807, 2.05) is 37.3 Å². The number of carbonyl (C=O) groups excluding carboxylic acids is 1. The minimum atomic E-state index is -3.44. The van der Waals surface area contributed by atoms with Gasteiger partial charge in [0.15, 0.2) is 0 Å². The Bertz CT molecular complexity index is 1100. The lowest BCUT2D eigenvalue weighted by Crippen LogP contribution is -2.43. The van der Waals surface area contributed by atoms with E-state index in [4.69, 9.17) is 0 Å². The van der Waals surface area contributed by atoms with Crippen LogP contribution in [-0.2, 0) is 14.8 Å². The second-order valence-corrected chi connectivity index (χ2v) is 10.9. The third-order valence-electron chi connectivity index (χ3n) is 5.79. The number of hydrogen-bond acceptors (Lipinski definition) is 4. The van der Waals surface area contributed by atoms with Gasteiger partial charge in [-0.05, 0) is 47.9 Å². The van der Waals surface area contributed by atoms with Gasteiger partial charge in [-0.1, -0.05) is 60.7 Å². The molecule has 1 atom stereocenters. The molecule has 0 saturated carbocycles. The first-order valence-electron chi connectivity index (χ1n) is 10.4. The Labute approximate surface area is 187 Å². The number of piperidine rings is 1. The van der Waals surface area contributed by atoms with Crippen molar-refractivity contribution in [2.24, 2.45) is 5.92 Å². The third kappa shape index (κ3) is 4.89. The van der Waals surface area contributed by atoms with Gasteiger partial charge in [-0.3, -0.25) is 4.79 Å². The Morgan fingerprint density at radius 1 is 0.968 bits per heavy atom. The van der Waals surface area contributed by atoms with Crippen LogP contribution in [-0.4, -0.2) is 31.7 Å². The molecule has 1 aliphatic heterocycles. The van der Waals surface area contributed by atoms with Crippen molar-refractivity contribution in [1.82, 2.24) is 9.62 Å². The van der Waals surface area contributed by atoms with E-state index in [0.29, 0.717) is 30.1 Å². The molecule has 4 rings (SSSR count). The number of thiophene rings is 1. The second-order valence-electron chi connectivity index (χ2n) is 7.83. The summed E-state index contributed by atoms with van der Waals surface area (Å²) < 4.78 is 27.2. The van der Waals surface area contributed by atoms with E-state index >= 15 is 0 Å². The quantitative estimate of drug-likeness (QED) is 0.587. The van der Waals surface area contributed by atoms with Crippen molar-refractivity contribution < 1.29 is 13.2 Å². The Morgan fingerprint density at radius 3 is 2.23 bits per heavy atom. The van der Waals surface area contributed by atoms with E-state index < -0.39 is 10.0 Å². The lowest BCUT2D eigenvalue weighted by molar-refractivity contribution is -0.126. The number of nitrogens with zero attached hydrogens (tertiary/aromatic N) is 1. The topological polar surface area (TPSA) is 66.5 Å². The minimum absolute atomic E-state index is 0.00666. The van der Waals surface area contributed by atoms with Gasteiger partial charge in [0.25, 0.3) is 10.0 Å². The maximum absolute atomic E-state index is 12.8. The summed E-state index contributed by atoms with van der Waals surface area (Å²) in [5, 5.41) is 4.87. The van der Waals surface area contributed by atoms with E-state index in [0.717, 1.165) is 16.7 Å². The third-order valence-corrected chi connectivity index (χ3v) is 9.06. The maximum atomic E-state index is 12.8. The number of sulfonamides is 1. The summed E-state index contributed by atoms with van der Waals surface area (Å²) in [6.45, 7) is 2.72. The number of amides is 1. The molecule has 1 unspecified atom stereocenters. The van der Waals surface area contributed by atoms with Crippen molar-refractivity contribution in [3.05, 3.63) is 77.7 Å². The number of benzene rings is 2. The fourth-order valence-electron chi connectivity index (χ4n) is 3.91. The zero-order chi connectivity index (χ0) is 21.8. The Kier molecular flexibility index (Phi) is 6.55. The summed E-state index contributed by atoms with van der Waals surface area (Å²) in [7, 11) is -3.44. The molecule has 1 amide bonds.